The van der Waals surface area contributed by atoms with E-state index in [1.54, 1.807) is 6.07 Å². The van der Waals surface area contributed by atoms with E-state index in [-0.39, 0.29) is 5.69 Å². The topological polar surface area (TPSA) is 51.5 Å². The third kappa shape index (κ3) is 2.84. The highest BCUT2D eigenvalue weighted by Crippen LogP contribution is 2.38. The van der Waals surface area contributed by atoms with Gasteiger partial charge in [-0.1, -0.05) is 18.2 Å². The number of benzene rings is 1. The minimum atomic E-state index is -5.50. The molecule has 0 N–H and O–H groups in total. The van der Waals surface area contributed by atoms with Gasteiger partial charge in [-0.15, -0.1) is 5.69 Å². The Labute approximate surface area is 115 Å². The van der Waals surface area contributed by atoms with E-state index in [0.717, 1.165) is 30.6 Å². The number of aryl methyl sites for hydroxylation is 1. The molecule has 0 bridgehead atoms. The summed E-state index contributed by atoms with van der Waals surface area (Å²) in [5, 5.41) is 0. The first-order valence-corrected chi connectivity index (χ1v) is 7.61. The maximum Gasteiger partial charge on any atom is 0.483 e. The second-order valence-corrected chi connectivity index (χ2v) is 6.10. The summed E-state index contributed by atoms with van der Waals surface area (Å²) in [6.45, 7) is 3.45. The van der Waals surface area contributed by atoms with Crippen LogP contribution >= 0.6 is 0 Å². The van der Waals surface area contributed by atoms with E-state index in [1.807, 2.05) is 11.8 Å². The van der Waals surface area contributed by atoms with Crippen molar-refractivity contribution in [1.29, 1.82) is 0 Å². The summed E-state index contributed by atoms with van der Waals surface area (Å²) < 4.78 is 61.9. The molecule has 0 unspecified atom stereocenters. The van der Waals surface area contributed by atoms with E-state index in [2.05, 4.69) is 4.72 Å². The van der Waals surface area contributed by atoms with E-state index in [0.29, 0.717) is 6.54 Å². The molecular weight excluding hydrogens is 293 g/mol. The Morgan fingerprint density at radius 3 is 2.65 bits per heavy atom. The molecule has 0 aromatic heterocycles. The van der Waals surface area contributed by atoms with Crippen LogP contribution in [0, 0.1) is 0 Å². The summed E-state index contributed by atoms with van der Waals surface area (Å²) in [5.41, 5.74) is -3.80. The van der Waals surface area contributed by atoms with Crippen LogP contribution < -0.4 is 4.90 Å². The summed E-state index contributed by atoms with van der Waals surface area (Å²) in [4.78, 5) is 2.00. The molecule has 1 aromatic carbocycles. The summed E-state index contributed by atoms with van der Waals surface area (Å²) in [7, 11) is -5.50. The van der Waals surface area contributed by atoms with Gasteiger partial charge >= 0.3 is 5.51 Å². The van der Waals surface area contributed by atoms with Crippen LogP contribution in [-0.4, -0.2) is 27.0 Å². The van der Waals surface area contributed by atoms with Crippen LogP contribution in [0.15, 0.2) is 18.2 Å². The standard InChI is InChI=1S/C12H14F3N2O2S/c1-2-17-7-3-4-9-5-6-10(8-11(9)17)16-20(18,19)12(13,14)15/h5-6,8H,2-4,7H2,1H3/q-1. The second kappa shape index (κ2) is 5.16. The average Bonchev–Trinajstić information content (AvgIpc) is 2.36. The lowest BCUT2D eigenvalue weighted by Gasteiger charge is -2.32. The molecule has 4 nitrogen and oxygen atoms in total. The van der Waals surface area contributed by atoms with Crippen molar-refractivity contribution in [2.45, 2.75) is 25.3 Å². The molecule has 1 aliphatic heterocycles. The van der Waals surface area contributed by atoms with Gasteiger partial charge < -0.3 is 9.62 Å². The molecule has 0 saturated carbocycles. The van der Waals surface area contributed by atoms with Crippen LogP contribution in [-0.2, 0) is 16.4 Å². The first kappa shape index (κ1) is 15.0. The van der Waals surface area contributed by atoms with Crippen molar-refractivity contribution in [1.82, 2.24) is 0 Å². The van der Waals surface area contributed by atoms with E-state index in [9.17, 15) is 21.6 Å². The predicted molar refractivity (Wildman–Crippen MR) is 70.6 cm³/mol. The van der Waals surface area contributed by atoms with Crippen LogP contribution in [0.5, 0.6) is 0 Å². The number of rotatable bonds is 3. The monoisotopic (exact) mass is 307 g/mol. The van der Waals surface area contributed by atoms with Crippen molar-refractivity contribution >= 4 is 21.4 Å². The van der Waals surface area contributed by atoms with Crippen LogP contribution in [0.4, 0.5) is 24.5 Å². The van der Waals surface area contributed by atoms with E-state index >= 15 is 0 Å². The molecule has 0 atom stereocenters. The highest BCUT2D eigenvalue weighted by Gasteiger charge is 2.39. The number of sulfonamides is 1. The molecule has 1 heterocycles. The maximum absolute atomic E-state index is 12.3. The van der Waals surface area contributed by atoms with Gasteiger partial charge in [0.2, 0.25) is 0 Å². The molecule has 2 rings (SSSR count). The van der Waals surface area contributed by atoms with Gasteiger partial charge in [-0.25, -0.2) is 8.42 Å². The Balaban J connectivity index is 2.32. The highest BCUT2D eigenvalue weighted by atomic mass is 32.2. The molecule has 0 amide bonds. The molecule has 0 fully saturated rings. The molecule has 112 valence electrons. The summed E-state index contributed by atoms with van der Waals surface area (Å²) in [6, 6.07) is 4.35. The lowest BCUT2D eigenvalue weighted by molar-refractivity contribution is -0.0425. The van der Waals surface area contributed by atoms with E-state index in [4.69, 9.17) is 0 Å². The van der Waals surface area contributed by atoms with Crippen molar-refractivity contribution in [3.63, 3.8) is 0 Å². The zero-order valence-corrected chi connectivity index (χ0v) is 11.6. The van der Waals surface area contributed by atoms with Crippen molar-refractivity contribution in [3.05, 3.63) is 28.5 Å². The van der Waals surface area contributed by atoms with Gasteiger partial charge in [0, 0.05) is 18.8 Å². The second-order valence-electron chi connectivity index (χ2n) is 4.51. The number of nitrogens with zero attached hydrogens (tertiary/aromatic N) is 2. The zero-order valence-electron chi connectivity index (χ0n) is 10.8. The molecule has 1 aliphatic rings. The van der Waals surface area contributed by atoms with Gasteiger partial charge in [0.05, 0.1) is 0 Å². The number of halogens is 3. The van der Waals surface area contributed by atoms with Crippen molar-refractivity contribution < 1.29 is 21.6 Å². The Bertz CT molecular complexity index is 599. The Kier molecular flexibility index (Phi) is 3.86. The summed E-state index contributed by atoms with van der Waals surface area (Å²) in [5.74, 6) is 0. The fourth-order valence-electron chi connectivity index (χ4n) is 2.21. The third-order valence-corrected chi connectivity index (χ3v) is 4.22. The zero-order chi connectivity index (χ0) is 15.0. The highest BCUT2D eigenvalue weighted by molar-refractivity contribution is 7.95. The fraction of sp³-hybridized carbons (Fsp3) is 0.500. The van der Waals surface area contributed by atoms with Gasteiger partial charge in [0.25, 0.3) is 0 Å². The molecule has 0 saturated heterocycles. The SMILES string of the molecule is CCN1CCCc2ccc([N-]S(=O)(=O)C(F)(F)F)cc21. The smallest absolute Gasteiger partial charge is 0.483 e. The minimum absolute atomic E-state index is 0.193. The normalized spacial score (nSPS) is 15.9. The molecule has 1 aromatic rings. The van der Waals surface area contributed by atoms with Gasteiger partial charge in [0.1, 0.15) is 0 Å². The molecule has 0 spiro atoms. The lowest BCUT2D eigenvalue weighted by Crippen LogP contribution is -2.28. The molecule has 8 heteroatoms. The quantitative estimate of drug-likeness (QED) is 0.861. The third-order valence-electron chi connectivity index (χ3n) is 3.18. The number of hydrogen-bond donors (Lipinski definition) is 0. The number of fused-ring (bicyclic) bond motifs is 1. The fourth-order valence-corrected chi connectivity index (χ4v) is 2.71. The number of hydrogen-bond acceptors (Lipinski definition) is 3. The molecule has 0 radical (unpaired) electrons. The van der Waals surface area contributed by atoms with E-state index in [1.165, 1.54) is 12.1 Å². The number of alkyl halides is 3. The Hall–Kier alpha value is -1.44. The van der Waals surface area contributed by atoms with Crippen LogP contribution in [0.3, 0.4) is 0 Å². The summed E-state index contributed by atoms with van der Waals surface area (Å²) >= 11 is 0. The molecular formula is C12H14F3N2O2S-. The Morgan fingerprint density at radius 1 is 1.35 bits per heavy atom. The average molecular weight is 307 g/mol. The van der Waals surface area contributed by atoms with Gasteiger partial charge in [0.15, 0.2) is 10.0 Å². The first-order chi connectivity index (χ1) is 9.24. The molecule has 0 aliphatic carbocycles. The van der Waals surface area contributed by atoms with Crippen LogP contribution in [0.2, 0.25) is 0 Å². The lowest BCUT2D eigenvalue weighted by atomic mass is 10.0. The Morgan fingerprint density at radius 2 is 2.05 bits per heavy atom. The maximum atomic E-state index is 12.3. The minimum Gasteiger partial charge on any atom is -0.569 e. The molecule has 20 heavy (non-hydrogen) atoms. The van der Waals surface area contributed by atoms with Crippen LogP contribution in [0.1, 0.15) is 18.9 Å². The van der Waals surface area contributed by atoms with Crippen molar-refractivity contribution in [2.75, 3.05) is 18.0 Å². The van der Waals surface area contributed by atoms with Gasteiger partial charge in [-0.2, -0.15) is 13.2 Å². The van der Waals surface area contributed by atoms with Crippen LogP contribution in [0.25, 0.3) is 4.72 Å². The van der Waals surface area contributed by atoms with Gasteiger partial charge in [-0.05, 0) is 25.3 Å². The van der Waals surface area contributed by atoms with Gasteiger partial charge in [-0.3, -0.25) is 0 Å². The predicted octanol–water partition coefficient (Wildman–Crippen LogP) is 3.31. The van der Waals surface area contributed by atoms with E-state index < -0.39 is 15.5 Å². The summed E-state index contributed by atoms with van der Waals surface area (Å²) in [6.07, 6.45) is 1.80. The first-order valence-electron chi connectivity index (χ1n) is 6.17. The van der Waals surface area contributed by atoms with Crippen molar-refractivity contribution in [2.24, 2.45) is 0 Å². The number of anilines is 1. The van der Waals surface area contributed by atoms with Crippen molar-refractivity contribution in [3.8, 4) is 0 Å². The largest absolute Gasteiger partial charge is 0.569 e.